The van der Waals surface area contributed by atoms with Gasteiger partial charge in [-0.15, -0.1) is 22.0 Å². The number of thioether (sulfide) groups is 2. The zero-order valence-electron chi connectivity index (χ0n) is 13.2. The van der Waals surface area contributed by atoms with Crippen LogP contribution in [0.1, 0.15) is 0 Å². The van der Waals surface area contributed by atoms with Gasteiger partial charge in [0.05, 0.1) is 5.75 Å². The first kappa shape index (κ1) is 17.8. The largest absolute Gasteiger partial charge is 0.411 e. The third kappa shape index (κ3) is 5.01. The molecule has 128 valence electrons. The van der Waals surface area contributed by atoms with Crippen LogP contribution in [0.2, 0.25) is 5.02 Å². The average molecular weight is 392 g/mol. The van der Waals surface area contributed by atoms with E-state index in [-0.39, 0.29) is 11.7 Å². The van der Waals surface area contributed by atoms with Crippen LogP contribution in [-0.4, -0.2) is 28.1 Å². The van der Waals surface area contributed by atoms with Gasteiger partial charge in [0.25, 0.3) is 5.22 Å². The van der Waals surface area contributed by atoms with E-state index in [9.17, 15) is 4.79 Å². The number of halogens is 1. The molecule has 0 fully saturated rings. The summed E-state index contributed by atoms with van der Waals surface area (Å²) in [7, 11) is 0. The highest BCUT2D eigenvalue weighted by atomic mass is 35.5. The molecule has 5 nitrogen and oxygen atoms in total. The molecule has 0 saturated heterocycles. The van der Waals surface area contributed by atoms with Crippen LogP contribution in [0, 0.1) is 0 Å². The second-order valence-corrected chi connectivity index (χ2v) is 7.19. The summed E-state index contributed by atoms with van der Waals surface area (Å²) in [5.41, 5.74) is 1.54. The molecule has 0 aliphatic rings. The van der Waals surface area contributed by atoms with Gasteiger partial charge in [0.2, 0.25) is 11.8 Å². The Hall–Kier alpha value is -1.96. The molecule has 0 radical (unpaired) electrons. The lowest BCUT2D eigenvalue weighted by Crippen LogP contribution is -2.13. The summed E-state index contributed by atoms with van der Waals surface area (Å²) in [6.07, 6.45) is 2.01. The van der Waals surface area contributed by atoms with Gasteiger partial charge in [-0.3, -0.25) is 4.79 Å². The van der Waals surface area contributed by atoms with Gasteiger partial charge in [0, 0.05) is 21.2 Å². The molecule has 1 amide bonds. The fourth-order valence-electron chi connectivity index (χ4n) is 1.98. The minimum absolute atomic E-state index is 0.131. The summed E-state index contributed by atoms with van der Waals surface area (Å²) in [5.74, 6) is 0.451. The Labute approximate surface area is 158 Å². The Kier molecular flexibility index (Phi) is 6.01. The van der Waals surface area contributed by atoms with Crippen LogP contribution in [0.15, 0.2) is 63.1 Å². The zero-order chi connectivity index (χ0) is 17.6. The summed E-state index contributed by atoms with van der Waals surface area (Å²) in [5, 5.41) is 11.7. The minimum atomic E-state index is -0.131. The third-order valence-corrected chi connectivity index (χ3v) is 5.01. The Bertz CT molecular complexity index is 851. The van der Waals surface area contributed by atoms with Crippen LogP contribution in [-0.2, 0) is 4.79 Å². The fourth-order valence-corrected chi connectivity index (χ4v) is 3.07. The van der Waals surface area contributed by atoms with Gasteiger partial charge in [0.15, 0.2) is 0 Å². The minimum Gasteiger partial charge on any atom is -0.411 e. The van der Waals surface area contributed by atoms with Crippen LogP contribution in [0.4, 0.5) is 5.69 Å². The number of aromatic nitrogens is 2. The molecule has 1 N–H and O–H groups in total. The molecule has 8 heteroatoms. The maximum atomic E-state index is 12.0. The molecule has 3 aromatic rings. The molecule has 2 aromatic carbocycles. The van der Waals surface area contributed by atoms with Crippen LogP contribution >= 0.6 is 35.1 Å². The van der Waals surface area contributed by atoms with Crippen molar-refractivity contribution >= 4 is 46.7 Å². The van der Waals surface area contributed by atoms with E-state index >= 15 is 0 Å². The Balaban J connectivity index is 1.54. The predicted molar refractivity (Wildman–Crippen MR) is 102 cm³/mol. The van der Waals surface area contributed by atoms with E-state index in [1.807, 2.05) is 30.5 Å². The number of carbonyl (C=O) groups is 1. The van der Waals surface area contributed by atoms with Crippen molar-refractivity contribution in [2.75, 3.05) is 17.3 Å². The van der Waals surface area contributed by atoms with Gasteiger partial charge in [0.1, 0.15) is 0 Å². The standard InChI is InChI=1S/C17H14ClN3O2S2/c1-24-14-8-6-13(7-9-14)19-15(22)10-25-17-21-20-16(23-17)11-2-4-12(18)5-3-11/h2-9H,10H2,1H3,(H,19,22). The van der Waals surface area contributed by atoms with E-state index in [0.29, 0.717) is 16.1 Å². The Morgan fingerprint density at radius 1 is 1.12 bits per heavy atom. The number of benzene rings is 2. The number of nitrogens with one attached hydrogen (secondary N) is 1. The van der Waals surface area contributed by atoms with Gasteiger partial charge < -0.3 is 9.73 Å². The highest BCUT2D eigenvalue weighted by molar-refractivity contribution is 7.99. The van der Waals surface area contributed by atoms with Crippen LogP contribution in [0.25, 0.3) is 11.5 Å². The van der Waals surface area contributed by atoms with Crippen LogP contribution < -0.4 is 5.32 Å². The third-order valence-electron chi connectivity index (χ3n) is 3.20. The highest BCUT2D eigenvalue weighted by Gasteiger charge is 2.11. The number of carbonyl (C=O) groups excluding carboxylic acids is 1. The Morgan fingerprint density at radius 3 is 2.52 bits per heavy atom. The molecular formula is C17H14ClN3O2S2. The van der Waals surface area contributed by atoms with E-state index in [2.05, 4.69) is 15.5 Å². The van der Waals surface area contributed by atoms with Crippen molar-refractivity contribution in [2.45, 2.75) is 10.1 Å². The van der Waals surface area contributed by atoms with Gasteiger partial charge in [-0.25, -0.2) is 0 Å². The normalized spacial score (nSPS) is 10.6. The van der Waals surface area contributed by atoms with E-state index < -0.39 is 0 Å². The van der Waals surface area contributed by atoms with Crippen molar-refractivity contribution in [2.24, 2.45) is 0 Å². The molecule has 0 atom stereocenters. The summed E-state index contributed by atoms with van der Waals surface area (Å²) in [6.45, 7) is 0. The van der Waals surface area contributed by atoms with E-state index in [4.69, 9.17) is 16.0 Å². The highest BCUT2D eigenvalue weighted by Crippen LogP contribution is 2.24. The number of amides is 1. The monoisotopic (exact) mass is 391 g/mol. The number of hydrogen-bond donors (Lipinski definition) is 1. The molecule has 3 rings (SSSR count). The van der Waals surface area contributed by atoms with Gasteiger partial charge in [-0.2, -0.15) is 0 Å². The molecule has 25 heavy (non-hydrogen) atoms. The van der Waals surface area contributed by atoms with Crippen LogP contribution in [0.5, 0.6) is 0 Å². The molecule has 0 aliphatic carbocycles. The second kappa shape index (κ2) is 8.42. The first-order valence-electron chi connectivity index (χ1n) is 7.30. The molecule has 0 unspecified atom stereocenters. The van der Waals surface area contributed by atoms with Crippen molar-refractivity contribution in [3.63, 3.8) is 0 Å². The topological polar surface area (TPSA) is 68.0 Å². The summed E-state index contributed by atoms with van der Waals surface area (Å²) in [4.78, 5) is 13.2. The van der Waals surface area contributed by atoms with Gasteiger partial charge >= 0.3 is 0 Å². The van der Waals surface area contributed by atoms with Crippen molar-refractivity contribution in [1.29, 1.82) is 0 Å². The molecule has 0 saturated carbocycles. The summed E-state index contributed by atoms with van der Waals surface area (Å²) in [6, 6.07) is 14.8. The first-order valence-corrected chi connectivity index (χ1v) is 9.89. The number of anilines is 1. The van der Waals surface area contributed by atoms with Gasteiger partial charge in [-0.05, 0) is 54.8 Å². The second-order valence-electron chi connectivity index (χ2n) is 4.95. The molecule has 0 aliphatic heterocycles. The lowest BCUT2D eigenvalue weighted by atomic mass is 10.2. The van der Waals surface area contributed by atoms with E-state index in [1.165, 1.54) is 11.8 Å². The summed E-state index contributed by atoms with van der Waals surface area (Å²) >= 11 is 8.70. The number of rotatable bonds is 6. The average Bonchev–Trinajstić information content (AvgIpc) is 3.10. The number of nitrogens with zero attached hydrogens (tertiary/aromatic N) is 2. The van der Waals surface area contributed by atoms with Gasteiger partial charge in [-0.1, -0.05) is 23.4 Å². The quantitative estimate of drug-likeness (QED) is 0.606. The molecule has 1 heterocycles. The molecular weight excluding hydrogens is 378 g/mol. The molecule has 0 bridgehead atoms. The van der Waals surface area contributed by atoms with Crippen LogP contribution in [0.3, 0.4) is 0 Å². The molecule has 0 spiro atoms. The van der Waals surface area contributed by atoms with E-state index in [0.717, 1.165) is 16.1 Å². The predicted octanol–water partition coefficient (Wildman–Crippen LogP) is 4.84. The fraction of sp³-hybridized carbons (Fsp3) is 0.118. The molecule has 1 aromatic heterocycles. The SMILES string of the molecule is CSc1ccc(NC(=O)CSc2nnc(-c3ccc(Cl)cc3)o2)cc1. The maximum absolute atomic E-state index is 12.0. The van der Waals surface area contributed by atoms with Crippen molar-refractivity contribution in [1.82, 2.24) is 10.2 Å². The Morgan fingerprint density at radius 2 is 1.84 bits per heavy atom. The zero-order valence-corrected chi connectivity index (χ0v) is 15.6. The smallest absolute Gasteiger partial charge is 0.277 e. The van der Waals surface area contributed by atoms with Crippen molar-refractivity contribution in [3.8, 4) is 11.5 Å². The van der Waals surface area contributed by atoms with Crippen molar-refractivity contribution in [3.05, 3.63) is 53.6 Å². The summed E-state index contributed by atoms with van der Waals surface area (Å²) < 4.78 is 5.56. The van der Waals surface area contributed by atoms with E-state index in [1.54, 1.807) is 36.0 Å². The lowest BCUT2D eigenvalue weighted by molar-refractivity contribution is -0.113. The lowest BCUT2D eigenvalue weighted by Gasteiger charge is -2.04. The first-order chi connectivity index (χ1) is 12.1. The number of hydrogen-bond acceptors (Lipinski definition) is 6. The van der Waals surface area contributed by atoms with Crippen molar-refractivity contribution < 1.29 is 9.21 Å². The maximum Gasteiger partial charge on any atom is 0.277 e.